The molecule has 1 aromatic heterocycles. The van der Waals surface area contributed by atoms with Crippen LogP contribution in [-0.2, 0) is 0 Å². The van der Waals surface area contributed by atoms with Crippen molar-refractivity contribution in [1.29, 1.82) is 0 Å². The lowest BCUT2D eigenvalue weighted by molar-refractivity contribution is 0.0955. The van der Waals surface area contributed by atoms with Crippen LogP contribution >= 0.6 is 11.6 Å². The molecule has 0 saturated heterocycles. The number of aromatic nitrogens is 1. The molecule has 0 bridgehead atoms. The van der Waals surface area contributed by atoms with Gasteiger partial charge in [-0.15, -0.1) is 0 Å². The van der Waals surface area contributed by atoms with Crippen LogP contribution in [0.1, 0.15) is 15.9 Å². The number of nitrogens with zero attached hydrogens (tertiary/aromatic N) is 2. The van der Waals surface area contributed by atoms with E-state index in [2.05, 4.69) is 45.4 Å². The third kappa shape index (κ3) is 4.93. The number of carbonyl (C=O) groups excluding carboxylic acids is 1. The third-order valence-corrected chi connectivity index (χ3v) is 5.89. The van der Waals surface area contributed by atoms with E-state index >= 15 is 0 Å². The topological polar surface area (TPSA) is 46.4 Å². The zero-order valence-corrected chi connectivity index (χ0v) is 19.6. The summed E-state index contributed by atoms with van der Waals surface area (Å²) in [5.41, 5.74) is 9.10. The quantitative estimate of drug-likeness (QED) is 0.204. The fourth-order valence-electron chi connectivity index (χ4n) is 4.01. The first kappa shape index (κ1) is 22.4. The molecule has 0 aliphatic carbocycles. The second-order valence-corrected chi connectivity index (χ2v) is 8.38. The zero-order chi connectivity index (χ0) is 24.0. The van der Waals surface area contributed by atoms with E-state index in [4.69, 9.17) is 11.6 Å². The van der Waals surface area contributed by atoms with Gasteiger partial charge in [0, 0.05) is 21.8 Å². The normalized spacial score (nSPS) is 11.0. The number of carbonyl (C=O) groups is 1. The predicted octanol–water partition coefficient (Wildman–Crippen LogP) is 7.23. The molecule has 5 heteroatoms. The first-order chi connectivity index (χ1) is 17.2. The van der Waals surface area contributed by atoms with Gasteiger partial charge in [0.1, 0.15) is 0 Å². The Bertz CT molecular complexity index is 1460. The van der Waals surface area contributed by atoms with Crippen LogP contribution in [0.3, 0.4) is 0 Å². The van der Waals surface area contributed by atoms with Crippen molar-refractivity contribution in [2.24, 2.45) is 5.10 Å². The number of nitrogens with one attached hydrogen (secondary N) is 1. The van der Waals surface area contributed by atoms with Gasteiger partial charge < -0.3 is 4.57 Å². The second kappa shape index (κ2) is 10.2. The van der Waals surface area contributed by atoms with E-state index in [0.717, 1.165) is 33.8 Å². The Morgan fingerprint density at radius 3 is 1.94 bits per heavy atom. The number of hydrazone groups is 1. The minimum atomic E-state index is -0.261. The fourth-order valence-corrected chi connectivity index (χ4v) is 4.14. The maximum Gasteiger partial charge on any atom is 0.271 e. The molecule has 0 aliphatic heterocycles. The Morgan fingerprint density at radius 1 is 0.743 bits per heavy atom. The van der Waals surface area contributed by atoms with Crippen molar-refractivity contribution >= 4 is 23.7 Å². The minimum absolute atomic E-state index is 0.261. The molecule has 0 unspecified atom stereocenters. The van der Waals surface area contributed by atoms with Crippen molar-refractivity contribution < 1.29 is 4.79 Å². The Hall–Kier alpha value is -4.41. The van der Waals surface area contributed by atoms with Crippen molar-refractivity contribution in [3.05, 3.63) is 137 Å². The molecule has 0 fully saturated rings. The number of amides is 1. The summed E-state index contributed by atoms with van der Waals surface area (Å²) in [6, 6.07) is 39.2. The standard InChI is InChI=1S/C30H22ClN3O/c31-26-16-18-27(19-17-26)34-28(22-10-4-1-5-11-22)20-25(29(34)23-12-6-2-7-13-23)21-32-33-30(35)24-14-8-3-9-15-24/h1-21H,(H,33,35)/b32-21+. The first-order valence-corrected chi connectivity index (χ1v) is 11.6. The third-order valence-electron chi connectivity index (χ3n) is 5.64. The fraction of sp³-hybridized carbons (Fsp3) is 0. The van der Waals surface area contributed by atoms with Gasteiger partial charge in [-0.25, -0.2) is 5.43 Å². The van der Waals surface area contributed by atoms with Gasteiger partial charge in [0.15, 0.2) is 0 Å². The summed E-state index contributed by atoms with van der Waals surface area (Å²) in [7, 11) is 0. The van der Waals surface area contributed by atoms with Crippen LogP contribution in [0.4, 0.5) is 0 Å². The summed E-state index contributed by atoms with van der Waals surface area (Å²) < 4.78 is 2.20. The molecule has 0 radical (unpaired) electrons. The molecule has 170 valence electrons. The van der Waals surface area contributed by atoms with E-state index in [9.17, 15) is 4.79 Å². The van der Waals surface area contributed by atoms with E-state index in [-0.39, 0.29) is 5.91 Å². The summed E-state index contributed by atoms with van der Waals surface area (Å²) in [6.45, 7) is 0. The van der Waals surface area contributed by atoms with Crippen LogP contribution in [-0.4, -0.2) is 16.7 Å². The average molecular weight is 476 g/mol. The van der Waals surface area contributed by atoms with E-state index < -0.39 is 0 Å². The van der Waals surface area contributed by atoms with Gasteiger partial charge in [-0.3, -0.25) is 4.79 Å². The molecule has 5 aromatic rings. The highest BCUT2D eigenvalue weighted by molar-refractivity contribution is 6.30. The lowest BCUT2D eigenvalue weighted by Gasteiger charge is -2.15. The van der Waals surface area contributed by atoms with Crippen LogP contribution in [0.15, 0.2) is 126 Å². The van der Waals surface area contributed by atoms with Gasteiger partial charge in [-0.05, 0) is 53.6 Å². The molecule has 0 aliphatic rings. The lowest BCUT2D eigenvalue weighted by atomic mass is 10.1. The van der Waals surface area contributed by atoms with Crippen molar-refractivity contribution in [2.45, 2.75) is 0 Å². The predicted molar refractivity (Wildman–Crippen MR) is 143 cm³/mol. The van der Waals surface area contributed by atoms with Crippen LogP contribution < -0.4 is 5.43 Å². The van der Waals surface area contributed by atoms with E-state index in [1.165, 1.54) is 0 Å². The van der Waals surface area contributed by atoms with E-state index in [0.29, 0.717) is 10.6 Å². The van der Waals surface area contributed by atoms with E-state index in [1.54, 1.807) is 18.3 Å². The molecule has 0 spiro atoms. The molecule has 0 saturated carbocycles. The highest BCUT2D eigenvalue weighted by atomic mass is 35.5. The molecule has 35 heavy (non-hydrogen) atoms. The number of benzene rings is 4. The monoisotopic (exact) mass is 475 g/mol. The first-order valence-electron chi connectivity index (χ1n) is 11.2. The van der Waals surface area contributed by atoms with Crippen LogP contribution in [0.5, 0.6) is 0 Å². The molecule has 1 heterocycles. The van der Waals surface area contributed by atoms with Crippen molar-refractivity contribution in [1.82, 2.24) is 9.99 Å². The maximum absolute atomic E-state index is 12.5. The average Bonchev–Trinajstić information content (AvgIpc) is 3.30. The van der Waals surface area contributed by atoms with Crippen molar-refractivity contribution in [3.63, 3.8) is 0 Å². The molecule has 4 aromatic carbocycles. The lowest BCUT2D eigenvalue weighted by Crippen LogP contribution is -2.17. The Labute approximate surface area is 209 Å². The molecule has 4 nitrogen and oxygen atoms in total. The van der Waals surface area contributed by atoms with Crippen molar-refractivity contribution in [2.75, 3.05) is 0 Å². The second-order valence-electron chi connectivity index (χ2n) is 7.94. The SMILES string of the molecule is O=C(N/N=C/c1cc(-c2ccccc2)n(-c2ccc(Cl)cc2)c1-c1ccccc1)c1ccccc1. The largest absolute Gasteiger partial charge is 0.309 e. The molecule has 5 rings (SSSR count). The van der Waals surface area contributed by atoms with Crippen molar-refractivity contribution in [3.8, 4) is 28.2 Å². The molecule has 1 amide bonds. The summed E-state index contributed by atoms with van der Waals surface area (Å²) in [4.78, 5) is 12.5. The Kier molecular flexibility index (Phi) is 6.55. The zero-order valence-electron chi connectivity index (χ0n) is 18.8. The van der Waals surface area contributed by atoms with Gasteiger partial charge in [0.05, 0.1) is 17.6 Å². The summed E-state index contributed by atoms with van der Waals surface area (Å²) in [5.74, 6) is -0.261. The highest BCUT2D eigenvalue weighted by Crippen LogP contribution is 2.35. The summed E-state index contributed by atoms with van der Waals surface area (Å²) in [6.07, 6.45) is 1.70. The Morgan fingerprint density at radius 2 is 1.31 bits per heavy atom. The number of halogens is 1. The molecular formula is C30H22ClN3O. The van der Waals surface area contributed by atoms with Gasteiger partial charge in [-0.1, -0.05) is 90.5 Å². The maximum atomic E-state index is 12.5. The number of hydrogen-bond acceptors (Lipinski definition) is 2. The smallest absolute Gasteiger partial charge is 0.271 e. The van der Waals surface area contributed by atoms with Gasteiger partial charge in [-0.2, -0.15) is 5.10 Å². The minimum Gasteiger partial charge on any atom is -0.309 e. The van der Waals surface area contributed by atoms with Gasteiger partial charge >= 0.3 is 0 Å². The van der Waals surface area contributed by atoms with Crippen LogP contribution in [0.2, 0.25) is 5.02 Å². The molecular weight excluding hydrogens is 454 g/mol. The van der Waals surface area contributed by atoms with Crippen LogP contribution in [0, 0.1) is 0 Å². The number of hydrogen-bond donors (Lipinski definition) is 1. The van der Waals surface area contributed by atoms with Gasteiger partial charge in [0.25, 0.3) is 5.91 Å². The Balaban J connectivity index is 1.65. The summed E-state index contributed by atoms with van der Waals surface area (Å²) in [5, 5.41) is 4.98. The van der Waals surface area contributed by atoms with E-state index in [1.807, 2.05) is 78.9 Å². The summed E-state index contributed by atoms with van der Waals surface area (Å²) >= 11 is 6.20. The highest BCUT2D eigenvalue weighted by Gasteiger charge is 2.18. The molecule has 1 N–H and O–H groups in total. The number of rotatable bonds is 6. The molecule has 0 atom stereocenters. The van der Waals surface area contributed by atoms with Gasteiger partial charge in [0.2, 0.25) is 0 Å². The van der Waals surface area contributed by atoms with Crippen LogP contribution in [0.25, 0.3) is 28.2 Å².